The van der Waals surface area contributed by atoms with Crippen LogP contribution >= 0.6 is 11.8 Å². The van der Waals surface area contributed by atoms with Gasteiger partial charge < -0.3 is 10.6 Å². The highest BCUT2D eigenvalue weighted by molar-refractivity contribution is 7.99. The molecule has 0 spiro atoms. The van der Waals surface area contributed by atoms with Gasteiger partial charge in [0.05, 0.1) is 12.1 Å². The number of rotatable bonds is 7. The zero-order valence-corrected chi connectivity index (χ0v) is 13.5. The lowest BCUT2D eigenvalue weighted by molar-refractivity contribution is -0.137. The minimum Gasteiger partial charge on any atom is -0.361 e. The van der Waals surface area contributed by atoms with Crippen LogP contribution in [0.1, 0.15) is 5.56 Å². The summed E-state index contributed by atoms with van der Waals surface area (Å²) < 4.78 is 37.2. The van der Waals surface area contributed by atoms with Crippen molar-refractivity contribution in [3.63, 3.8) is 0 Å². The summed E-state index contributed by atoms with van der Waals surface area (Å²) in [4.78, 5) is 16.4. The number of thioether (sulfide) groups is 1. The Balaban J connectivity index is 1.66. The van der Waals surface area contributed by atoms with Gasteiger partial charge >= 0.3 is 6.18 Å². The number of hydrogen-bond acceptors (Lipinski definition) is 4. The predicted octanol–water partition coefficient (Wildman–Crippen LogP) is 3.42. The molecular weight excluding hydrogens is 339 g/mol. The van der Waals surface area contributed by atoms with E-state index in [-0.39, 0.29) is 18.3 Å². The zero-order valence-electron chi connectivity index (χ0n) is 12.6. The largest absolute Gasteiger partial charge is 0.417 e. The van der Waals surface area contributed by atoms with E-state index in [1.165, 1.54) is 6.07 Å². The maximum absolute atomic E-state index is 12.4. The zero-order chi connectivity index (χ0) is 17.4. The molecule has 8 heteroatoms. The van der Waals surface area contributed by atoms with Gasteiger partial charge in [0.25, 0.3) is 0 Å². The van der Waals surface area contributed by atoms with Gasteiger partial charge in [0, 0.05) is 23.4 Å². The molecule has 1 heterocycles. The summed E-state index contributed by atoms with van der Waals surface area (Å²) in [6, 6.07) is 11.9. The molecule has 2 rings (SSSR count). The average Bonchev–Trinajstić information content (AvgIpc) is 2.57. The van der Waals surface area contributed by atoms with Crippen LogP contribution in [0.15, 0.2) is 53.6 Å². The molecule has 0 aliphatic carbocycles. The van der Waals surface area contributed by atoms with E-state index >= 15 is 0 Å². The third kappa shape index (κ3) is 6.11. The minimum absolute atomic E-state index is 0.0473. The van der Waals surface area contributed by atoms with Gasteiger partial charge in [-0.15, -0.1) is 11.8 Å². The molecule has 128 valence electrons. The molecule has 0 unspecified atom stereocenters. The quantitative estimate of drug-likeness (QED) is 0.590. The highest BCUT2D eigenvalue weighted by Gasteiger charge is 2.30. The Morgan fingerprint density at radius 3 is 2.50 bits per heavy atom. The van der Waals surface area contributed by atoms with E-state index in [0.717, 1.165) is 22.9 Å². The third-order valence-electron chi connectivity index (χ3n) is 2.96. The van der Waals surface area contributed by atoms with Crippen LogP contribution in [-0.2, 0) is 11.0 Å². The Morgan fingerprint density at radius 1 is 1.12 bits per heavy atom. The lowest BCUT2D eigenvalue weighted by atomic mass is 10.3. The Bertz CT molecular complexity index is 648. The van der Waals surface area contributed by atoms with Crippen molar-refractivity contribution in [2.24, 2.45) is 0 Å². The molecule has 0 fully saturated rings. The molecule has 0 saturated heterocycles. The fourth-order valence-corrected chi connectivity index (χ4v) is 2.56. The molecular formula is C16H16F3N3OS. The molecule has 0 atom stereocenters. The SMILES string of the molecule is O=C(CNc1ccc(C(F)(F)F)cn1)NCCSc1ccccc1. The molecule has 1 aromatic heterocycles. The van der Waals surface area contributed by atoms with Gasteiger partial charge in [-0.25, -0.2) is 4.98 Å². The molecule has 2 aromatic rings. The number of anilines is 1. The second kappa shape index (κ2) is 8.58. The van der Waals surface area contributed by atoms with Gasteiger partial charge in [-0.3, -0.25) is 4.79 Å². The van der Waals surface area contributed by atoms with Gasteiger partial charge in [0.15, 0.2) is 0 Å². The van der Waals surface area contributed by atoms with E-state index in [1.54, 1.807) is 11.8 Å². The monoisotopic (exact) mass is 355 g/mol. The first-order chi connectivity index (χ1) is 11.4. The van der Waals surface area contributed by atoms with Gasteiger partial charge in [-0.05, 0) is 24.3 Å². The number of amides is 1. The summed E-state index contributed by atoms with van der Waals surface area (Å²) in [6.07, 6.45) is -3.68. The normalized spacial score (nSPS) is 11.1. The maximum Gasteiger partial charge on any atom is 0.417 e. The standard InChI is InChI=1S/C16H16F3N3OS/c17-16(18,19)12-6-7-14(21-10-12)22-11-15(23)20-8-9-24-13-4-2-1-3-5-13/h1-7,10H,8-9,11H2,(H,20,23)(H,21,22). The van der Waals surface area contributed by atoms with Crippen molar-refractivity contribution in [1.29, 1.82) is 0 Å². The first kappa shape index (κ1) is 18.1. The summed E-state index contributed by atoms with van der Waals surface area (Å²) in [5, 5.41) is 5.41. The Hall–Kier alpha value is -2.22. The smallest absolute Gasteiger partial charge is 0.361 e. The van der Waals surface area contributed by atoms with Crippen molar-refractivity contribution in [3.05, 3.63) is 54.2 Å². The molecule has 0 aliphatic rings. The Kier molecular flexibility index (Phi) is 6.48. The van der Waals surface area contributed by atoms with E-state index in [1.807, 2.05) is 30.3 Å². The van der Waals surface area contributed by atoms with E-state index in [9.17, 15) is 18.0 Å². The van der Waals surface area contributed by atoms with Crippen LogP contribution < -0.4 is 10.6 Å². The van der Waals surface area contributed by atoms with Crippen LogP contribution in [0.3, 0.4) is 0 Å². The number of benzene rings is 1. The lowest BCUT2D eigenvalue weighted by Crippen LogP contribution is -2.31. The number of nitrogens with zero attached hydrogens (tertiary/aromatic N) is 1. The van der Waals surface area contributed by atoms with Gasteiger partial charge in [-0.2, -0.15) is 13.2 Å². The number of aromatic nitrogens is 1. The lowest BCUT2D eigenvalue weighted by Gasteiger charge is -2.09. The van der Waals surface area contributed by atoms with E-state index < -0.39 is 11.7 Å². The van der Waals surface area contributed by atoms with Crippen molar-refractivity contribution in [2.45, 2.75) is 11.1 Å². The number of pyridine rings is 1. The van der Waals surface area contributed by atoms with E-state index in [0.29, 0.717) is 6.54 Å². The average molecular weight is 355 g/mol. The fourth-order valence-electron chi connectivity index (χ4n) is 1.78. The van der Waals surface area contributed by atoms with Crippen LogP contribution in [0, 0.1) is 0 Å². The summed E-state index contributed by atoms with van der Waals surface area (Å²) in [5.41, 5.74) is -0.824. The van der Waals surface area contributed by atoms with Crippen LogP contribution in [-0.4, -0.2) is 29.7 Å². The number of alkyl halides is 3. The van der Waals surface area contributed by atoms with Gasteiger partial charge in [0.1, 0.15) is 5.82 Å². The van der Waals surface area contributed by atoms with Crippen molar-refractivity contribution in [1.82, 2.24) is 10.3 Å². The number of carbonyl (C=O) groups excluding carboxylic acids is 1. The highest BCUT2D eigenvalue weighted by Crippen LogP contribution is 2.28. The molecule has 1 aromatic carbocycles. The Labute approximate surface area is 141 Å². The second-order valence-electron chi connectivity index (χ2n) is 4.79. The molecule has 24 heavy (non-hydrogen) atoms. The summed E-state index contributed by atoms with van der Waals surface area (Å²) in [7, 11) is 0. The molecule has 1 amide bonds. The van der Waals surface area contributed by atoms with Crippen LogP contribution in [0.5, 0.6) is 0 Å². The topological polar surface area (TPSA) is 54.0 Å². The van der Waals surface area contributed by atoms with Crippen LogP contribution in [0.25, 0.3) is 0 Å². The predicted molar refractivity (Wildman–Crippen MR) is 87.9 cm³/mol. The molecule has 4 nitrogen and oxygen atoms in total. The minimum atomic E-state index is -4.42. The molecule has 0 bridgehead atoms. The summed E-state index contributed by atoms with van der Waals surface area (Å²) in [6.45, 7) is 0.453. The van der Waals surface area contributed by atoms with Crippen molar-refractivity contribution in [2.75, 3.05) is 24.2 Å². The van der Waals surface area contributed by atoms with E-state index in [4.69, 9.17) is 0 Å². The van der Waals surface area contributed by atoms with Gasteiger partial charge in [0.2, 0.25) is 5.91 Å². The first-order valence-electron chi connectivity index (χ1n) is 7.17. The molecule has 2 N–H and O–H groups in total. The number of carbonyl (C=O) groups is 1. The fraction of sp³-hybridized carbons (Fsp3) is 0.250. The second-order valence-corrected chi connectivity index (χ2v) is 5.96. The van der Waals surface area contributed by atoms with E-state index in [2.05, 4.69) is 15.6 Å². The molecule has 0 radical (unpaired) electrons. The number of nitrogens with one attached hydrogen (secondary N) is 2. The highest BCUT2D eigenvalue weighted by atomic mass is 32.2. The van der Waals surface area contributed by atoms with Crippen molar-refractivity contribution < 1.29 is 18.0 Å². The molecule has 0 aliphatic heterocycles. The Morgan fingerprint density at radius 2 is 1.88 bits per heavy atom. The van der Waals surface area contributed by atoms with Crippen molar-refractivity contribution in [3.8, 4) is 0 Å². The third-order valence-corrected chi connectivity index (χ3v) is 3.97. The summed E-state index contributed by atoms with van der Waals surface area (Å²) in [5.74, 6) is 0.705. The first-order valence-corrected chi connectivity index (χ1v) is 8.15. The van der Waals surface area contributed by atoms with Crippen LogP contribution in [0.4, 0.5) is 19.0 Å². The number of halogens is 3. The van der Waals surface area contributed by atoms with Crippen molar-refractivity contribution >= 4 is 23.5 Å². The van der Waals surface area contributed by atoms with Gasteiger partial charge in [-0.1, -0.05) is 18.2 Å². The van der Waals surface area contributed by atoms with Crippen LogP contribution in [0.2, 0.25) is 0 Å². The summed E-state index contributed by atoms with van der Waals surface area (Å²) >= 11 is 1.63. The maximum atomic E-state index is 12.4. The molecule has 0 saturated carbocycles. The number of hydrogen-bond donors (Lipinski definition) is 2.